The van der Waals surface area contributed by atoms with E-state index in [0.717, 1.165) is 6.07 Å². The van der Waals surface area contributed by atoms with Crippen molar-refractivity contribution in [2.24, 2.45) is 11.1 Å². The van der Waals surface area contributed by atoms with Crippen molar-refractivity contribution in [3.05, 3.63) is 33.8 Å². The van der Waals surface area contributed by atoms with E-state index < -0.39 is 34.4 Å². The molecule has 94 valence electrons. The minimum atomic E-state index is -0.958. The summed E-state index contributed by atoms with van der Waals surface area (Å²) < 4.78 is 27.2. The van der Waals surface area contributed by atoms with Crippen molar-refractivity contribution < 1.29 is 13.6 Å². The number of halogens is 3. The highest BCUT2D eigenvalue weighted by Crippen LogP contribution is 2.26. The van der Waals surface area contributed by atoms with E-state index in [1.165, 1.54) is 6.07 Å². The van der Waals surface area contributed by atoms with E-state index in [2.05, 4.69) is 15.9 Å². The SMILES string of the molecule is CC(C)(C)C(N)C(=O)c1c(F)ccc(Br)c1F. The first-order valence-electron chi connectivity index (χ1n) is 5.09. The summed E-state index contributed by atoms with van der Waals surface area (Å²) in [6.07, 6.45) is 0. The van der Waals surface area contributed by atoms with Gasteiger partial charge in [-0.05, 0) is 33.5 Å². The van der Waals surface area contributed by atoms with E-state index in [9.17, 15) is 13.6 Å². The van der Waals surface area contributed by atoms with Gasteiger partial charge in [-0.15, -0.1) is 0 Å². The molecule has 1 unspecified atom stereocenters. The van der Waals surface area contributed by atoms with Crippen LogP contribution in [0.4, 0.5) is 8.78 Å². The maximum Gasteiger partial charge on any atom is 0.185 e. The number of nitrogens with two attached hydrogens (primary N) is 1. The molecule has 17 heavy (non-hydrogen) atoms. The predicted molar refractivity (Wildman–Crippen MR) is 65.8 cm³/mol. The Balaban J connectivity index is 3.26. The third-order valence-electron chi connectivity index (χ3n) is 2.51. The van der Waals surface area contributed by atoms with Crippen molar-refractivity contribution in [1.82, 2.24) is 0 Å². The summed E-state index contributed by atoms with van der Waals surface area (Å²) in [6.45, 7) is 5.22. The molecule has 0 fully saturated rings. The Kier molecular flexibility index (Phi) is 4.04. The van der Waals surface area contributed by atoms with E-state index >= 15 is 0 Å². The minimum Gasteiger partial charge on any atom is -0.321 e. The van der Waals surface area contributed by atoms with Gasteiger partial charge in [0, 0.05) is 0 Å². The molecule has 0 aromatic heterocycles. The van der Waals surface area contributed by atoms with E-state index in [4.69, 9.17) is 5.73 Å². The van der Waals surface area contributed by atoms with Gasteiger partial charge in [0.15, 0.2) is 11.6 Å². The van der Waals surface area contributed by atoms with Gasteiger partial charge in [0.25, 0.3) is 0 Å². The number of hydrogen-bond donors (Lipinski definition) is 1. The maximum atomic E-state index is 13.7. The van der Waals surface area contributed by atoms with Crippen LogP contribution in [0.3, 0.4) is 0 Å². The molecule has 0 heterocycles. The summed E-state index contributed by atoms with van der Waals surface area (Å²) in [7, 11) is 0. The van der Waals surface area contributed by atoms with Crippen LogP contribution in [0.2, 0.25) is 0 Å². The molecule has 0 saturated heterocycles. The van der Waals surface area contributed by atoms with Crippen LogP contribution in [0.1, 0.15) is 31.1 Å². The lowest BCUT2D eigenvalue weighted by molar-refractivity contribution is 0.0892. The van der Waals surface area contributed by atoms with Crippen molar-refractivity contribution >= 4 is 21.7 Å². The van der Waals surface area contributed by atoms with Crippen molar-refractivity contribution in [3.63, 3.8) is 0 Å². The third-order valence-corrected chi connectivity index (χ3v) is 3.12. The molecule has 2 nitrogen and oxygen atoms in total. The van der Waals surface area contributed by atoms with Crippen molar-refractivity contribution in [2.45, 2.75) is 26.8 Å². The van der Waals surface area contributed by atoms with Gasteiger partial charge in [-0.1, -0.05) is 20.8 Å². The Bertz CT molecular complexity index is 455. The monoisotopic (exact) mass is 305 g/mol. The van der Waals surface area contributed by atoms with Gasteiger partial charge in [0.05, 0.1) is 16.1 Å². The van der Waals surface area contributed by atoms with Gasteiger partial charge < -0.3 is 5.73 Å². The van der Waals surface area contributed by atoms with Crippen LogP contribution in [-0.4, -0.2) is 11.8 Å². The average molecular weight is 306 g/mol. The van der Waals surface area contributed by atoms with Crippen LogP contribution >= 0.6 is 15.9 Å². The Hall–Kier alpha value is -0.810. The summed E-state index contributed by atoms with van der Waals surface area (Å²) in [5.74, 6) is -2.53. The number of benzene rings is 1. The van der Waals surface area contributed by atoms with Crippen molar-refractivity contribution in [2.75, 3.05) is 0 Å². The van der Waals surface area contributed by atoms with Crippen LogP contribution in [0.25, 0.3) is 0 Å². The highest BCUT2D eigenvalue weighted by atomic mass is 79.9. The van der Waals surface area contributed by atoms with Crippen LogP contribution in [0.15, 0.2) is 16.6 Å². The summed E-state index contributed by atoms with van der Waals surface area (Å²) >= 11 is 2.91. The standard InChI is InChI=1S/C12H14BrF2NO/c1-12(2,3)11(16)10(17)8-7(14)5-4-6(13)9(8)15/h4-5,11H,16H2,1-3H3. The first kappa shape index (κ1) is 14.3. The number of rotatable bonds is 2. The summed E-state index contributed by atoms with van der Waals surface area (Å²) in [4.78, 5) is 12.0. The third kappa shape index (κ3) is 2.90. The average Bonchev–Trinajstić information content (AvgIpc) is 2.21. The van der Waals surface area contributed by atoms with Gasteiger partial charge in [-0.2, -0.15) is 0 Å². The lowest BCUT2D eigenvalue weighted by Crippen LogP contribution is -2.43. The molecule has 0 saturated carbocycles. The van der Waals surface area contributed by atoms with Gasteiger partial charge in [0.2, 0.25) is 0 Å². The molecule has 0 aliphatic rings. The lowest BCUT2D eigenvalue weighted by Gasteiger charge is -2.26. The van der Waals surface area contributed by atoms with Gasteiger partial charge >= 0.3 is 0 Å². The van der Waals surface area contributed by atoms with E-state index in [1.54, 1.807) is 20.8 Å². The lowest BCUT2D eigenvalue weighted by atomic mass is 9.82. The number of Topliss-reactive ketones (excluding diaryl/α,β-unsaturated/α-hetero) is 1. The number of ketones is 1. The zero-order chi connectivity index (χ0) is 13.4. The van der Waals surface area contributed by atoms with Crippen molar-refractivity contribution in [3.8, 4) is 0 Å². The number of carbonyl (C=O) groups excluding carboxylic acids is 1. The second-order valence-electron chi connectivity index (χ2n) is 4.93. The topological polar surface area (TPSA) is 43.1 Å². The highest BCUT2D eigenvalue weighted by molar-refractivity contribution is 9.10. The molecular weight excluding hydrogens is 292 g/mol. The molecule has 1 rings (SSSR count). The van der Waals surface area contributed by atoms with E-state index in [0.29, 0.717) is 0 Å². The first-order valence-corrected chi connectivity index (χ1v) is 5.89. The van der Waals surface area contributed by atoms with Crippen LogP contribution in [0.5, 0.6) is 0 Å². The normalized spacial score (nSPS) is 13.6. The molecule has 1 aromatic carbocycles. The Morgan fingerprint density at radius 2 is 1.88 bits per heavy atom. The zero-order valence-corrected chi connectivity index (χ0v) is 11.4. The maximum absolute atomic E-state index is 13.7. The Labute approximate surface area is 107 Å². The second kappa shape index (κ2) is 4.82. The highest BCUT2D eigenvalue weighted by Gasteiger charge is 2.32. The second-order valence-corrected chi connectivity index (χ2v) is 5.78. The minimum absolute atomic E-state index is 0.0448. The molecule has 0 aliphatic heterocycles. The predicted octanol–water partition coefficient (Wildman–Crippen LogP) is 3.28. The van der Waals surface area contributed by atoms with Crippen LogP contribution in [-0.2, 0) is 0 Å². The molecular formula is C12H14BrF2NO. The van der Waals surface area contributed by atoms with Crippen LogP contribution < -0.4 is 5.73 Å². The van der Waals surface area contributed by atoms with Crippen molar-refractivity contribution in [1.29, 1.82) is 0 Å². The summed E-state index contributed by atoms with van der Waals surface area (Å²) in [6, 6.07) is 1.29. The summed E-state index contributed by atoms with van der Waals surface area (Å²) in [5.41, 5.74) is 4.58. The molecule has 0 bridgehead atoms. The molecule has 1 atom stereocenters. The summed E-state index contributed by atoms with van der Waals surface area (Å²) in [5, 5.41) is 0. The molecule has 0 radical (unpaired) electrons. The molecule has 0 amide bonds. The molecule has 0 spiro atoms. The molecule has 2 N–H and O–H groups in total. The van der Waals surface area contributed by atoms with E-state index in [1.807, 2.05) is 0 Å². The fourth-order valence-corrected chi connectivity index (χ4v) is 1.63. The molecule has 5 heteroatoms. The Morgan fingerprint density at radius 1 is 1.35 bits per heavy atom. The zero-order valence-electron chi connectivity index (χ0n) is 9.85. The largest absolute Gasteiger partial charge is 0.321 e. The van der Waals surface area contributed by atoms with Gasteiger partial charge in [-0.25, -0.2) is 8.78 Å². The van der Waals surface area contributed by atoms with Gasteiger partial charge in [-0.3, -0.25) is 4.79 Å². The Morgan fingerprint density at radius 3 is 2.35 bits per heavy atom. The first-order chi connectivity index (χ1) is 7.66. The number of hydrogen-bond acceptors (Lipinski definition) is 2. The van der Waals surface area contributed by atoms with E-state index in [-0.39, 0.29) is 4.47 Å². The van der Waals surface area contributed by atoms with Gasteiger partial charge in [0.1, 0.15) is 5.82 Å². The fourth-order valence-electron chi connectivity index (χ4n) is 1.30. The smallest absolute Gasteiger partial charge is 0.185 e. The number of carbonyl (C=O) groups is 1. The molecule has 0 aliphatic carbocycles. The molecule has 1 aromatic rings. The fraction of sp³-hybridized carbons (Fsp3) is 0.417. The van der Waals surface area contributed by atoms with Crippen LogP contribution in [0, 0.1) is 17.0 Å². The quantitative estimate of drug-likeness (QED) is 0.673.